The van der Waals surface area contributed by atoms with E-state index >= 15 is 0 Å². The molecular weight excluding hydrogens is 303 g/mol. The Morgan fingerprint density at radius 1 is 1.22 bits per heavy atom. The fourth-order valence-corrected chi connectivity index (χ4v) is 3.37. The molecule has 0 spiro atoms. The third-order valence-corrected chi connectivity index (χ3v) is 4.77. The Morgan fingerprint density at radius 3 is 2.61 bits per heavy atom. The van der Waals surface area contributed by atoms with E-state index in [9.17, 15) is 13.2 Å². The van der Waals surface area contributed by atoms with Crippen LogP contribution in [0.5, 0.6) is 0 Å². The Bertz CT molecular complexity index is 739. The van der Waals surface area contributed by atoms with Gasteiger partial charge in [-0.05, 0) is 38.4 Å². The molecule has 0 amide bonds. The van der Waals surface area contributed by atoms with Crippen molar-refractivity contribution in [2.24, 2.45) is 7.05 Å². The van der Waals surface area contributed by atoms with E-state index in [1.165, 1.54) is 5.56 Å². The lowest BCUT2D eigenvalue weighted by atomic mass is 9.97. The maximum Gasteiger partial charge on any atom is 0.162 e. The summed E-state index contributed by atoms with van der Waals surface area (Å²) in [5.41, 5.74) is 3.40. The molecule has 0 N–H and O–H groups in total. The summed E-state index contributed by atoms with van der Waals surface area (Å²) in [5.74, 6) is -2.95. The lowest BCUT2D eigenvalue weighted by Crippen LogP contribution is -2.21. The zero-order valence-corrected chi connectivity index (χ0v) is 13.5. The number of hydrogen-bond acceptors (Lipinski definition) is 2. The topological polar surface area (TPSA) is 21.1 Å². The Morgan fingerprint density at radius 2 is 1.96 bits per heavy atom. The molecule has 1 aliphatic heterocycles. The maximum atomic E-state index is 13.9. The maximum absolute atomic E-state index is 13.9. The average Bonchev–Trinajstić information content (AvgIpc) is 3.04. The first-order valence-corrected chi connectivity index (χ1v) is 7.72. The number of aromatic nitrogens is 2. The van der Waals surface area contributed by atoms with Crippen LogP contribution < -0.4 is 0 Å². The number of halogens is 3. The van der Waals surface area contributed by atoms with Gasteiger partial charge in [-0.15, -0.1) is 0 Å². The van der Waals surface area contributed by atoms with E-state index in [0.717, 1.165) is 30.5 Å². The summed E-state index contributed by atoms with van der Waals surface area (Å²) < 4.78 is 42.6. The number of hydrogen-bond donors (Lipinski definition) is 0. The van der Waals surface area contributed by atoms with Gasteiger partial charge < -0.3 is 0 Å². The summed E-state index contributed by atoms with van der Waals surface area (Å²) in [7, 11) is 1.91. The normalized spacial score (nSPS) is 18.8. The highest BCUT2D eigenvalue weighted by molar-refractivity contribution is 5.27. The molecule has 1 aromatic heterocycles. The van der Waals surface area contributed by atoms with Crippen LogP contribution in [0, 0.1) is 31.3 Å². The van der Waals surface area contributed by atoms with Gasteiger partial charge in [-0.1, -0.05) is 0 Å². The number of rotatable bonds is 3. The Labute approximate surface area is 133 Å². The molecule has 0 saturated carbocycles. The molecule has 6 heteroatoms. The summed E-state index contributed by atoms with van der Waals surface area (Å²) in [4.78, 5) is 2.18. The van der Waals surface area contributed by atoms with Crippen LogP contribution in [0.15, 0.2) is 12.1 Å². The molecule has 0 bridgehead atoms. The second-order valence-electron chi connectivity index (χ2n) is 6.28. The Balaban J connectivity index is 1.77. The SMILES string of the molecule is Cc1nn(C)c(C)c1CN1CCC(c2cc(F)cc(F)c2F)C1. The fourth-order valence-electron chi connectivity index (χ4n) is 3.37. The first-order chi connectivity index (χ1) is 10.9. The minimum absolute atomic E-state index is 0.143. The summed E-state index contributed by atoms with van der Waals surface area (Å²) in [5, 5.41) is 4.40. The van der Waals surface area contributed by atoms with E-state index in [1.807, 2.05) is 25.6 Å². The summed E-state index contributed by atoms with van der Waals surface area (Å²) in [6, 6.07) is 1.71. The summed E-state index contributed by atoms with van der Waals surface area (Å²) in [6.45, 7) is 6.08. The van der Waals surface area contributed by atoms with Gasteiger partial charge in [-0.3, -0.25) is 9.58 Å². The lowest BCUT2D eigenvalue weighted by molar-refractivity contribution is 0.324. The van der Waals surface area contributed by atoms with Crippen molar-refractivity contribution in [3.05, 3.63) is 52.1 Å². The third-order valence-electron chi connectivity index (χ3n) is 4.77. The largest absolute Gasteiger partial charge is 0.298 e. The van der Waals surface area contributed by atoms with Gasteiger partial charge in [-0.25, -0.2) is 13.2 Å². The minimum Gasteiger partial charge on any atom is -0.298 e. The number of nitrogens with zero attached hydrogens (tertiary/aromatic N) is 3. The van der Waals surface area contributed by atoms with Gasteiger partial charge in [0.2, 0.25) is 0 Å². The van der Waals surface area contributed by atoms with E-state index in [-0.39, 0.29) is 11.5 Å². The van der Waals surface area contributed by atoms with Gasteiger partial charge in [0.05, 0.1) is 5.69 Å². The van der Waals surface area contributed by atoms with Gasteiger partial charge in [-0.2, -0.15) is 5.10 Å². The third kappa shape index (κ3) is 3.00. The molecule has 0 aliphatic carbocycles. The fraction of sp³-hybridized carbons (Fsp3) is 0.471. The first-order valence-electron chi connectivity index (χ1n) is 7.72. The molecule has 2 heterocycles. The van der Waals surface area contributed by atoms with Gasteiger partial charge >= 0.3 is 0 Å². The van der Waals surface area contributed by atoms with Gasteiger partial charge in [0.15, 0.2) is 11.6 Å². The molecule has 23 heavy (non-hydrogen) atoms. The van der Waals surface area contributed by atoms with Gasteiger partial charge in [0.25, 0.3) is 0 Å². The smallest absolute Gasteiger partial charge is 0.162 e. The molecule has 3 nitrogen and oxygen atoms in total. The van der Waals surface area contributed by atoms with Crippen molar-refractivity contribution in [3.8, 4) is 0 Å². The second kappa shape index (κ2) is 6.00. The second-order valence-corrected chi connectivity index (χ2v) is 6.28. The molecule has 1 unspecified atom stereocenters. The highest BCUT2D eigenvalue weighted by Gasteiger charge is 2.28. The predicted octanol–water partition coefficient (Wildman–Crippen LogP) is 3.44. The summed E-state index contributed by atoms with van der Waals surface area (Å²) >= 11 is 0. The van der Waals surface area contributed by atoms with Crippen LogP contribution >= 0.6 is 0 Å². The van der Waals surface area contributed by atoms with Crippen LogP contribution in [-0.4, -0.2) is 27.8 Å². The van der Waals surface area contributed by atoms with Crippen molar-refractivity contribution < 1.29 is 13.2 Å². The van der Waals surface area contributed by atoms with Gasteiger partial charge in [0.1, 0.15) is 5.82 Å². The van der Waals surface area contributed by atoms with Crippen LogP contribution in [0.1, 0.15) is 34.9 Å². The molecule has 3 rings (SSSR count). The quantitative estimate of drug-likeness (QED) is 0.807. The monoisotopic (exact) mass is 323 g/mol. The molecule has 2 aromatic rings. The highest BCUT2D eigenvalue weighted by atomic mass is 19.2. The van der Waals surface area contributed by atoms with Crippen LogP contribution in [0.2, 0.25) is 0 Å². The van der Waals surface area contributed by atoms with Crippen LogP contribution in [0.4, 0.5) is 13.2 Å². The van der Waals surface area contributed by atoms with E-state index < -0.39 is 17.5 Å². The van der Waals surface area contributed by atoms with Crippen LogP contribution in [-0.2, 0) is 13.6 Å². The van der Waals surface area contributed by atoms with Crippen molar-refractivity contribution in [1.29, 1.82) is 0 Å². The molecule has 1 fully saturated rings. The molecule has 124 valence electrons. The van der Waals surface area contributed by atoms with E-state index in [2.05, 4.69) is 10.00 Å². The van der Waals surface area contributed by atoms with Crippen molar-refractivity contribution >= 4 is 0 Å². The molecule has 0 radical (unpaired) electrons. The van der Waals surface area contributed by atoms with Crippen molar-refractivity contribution in [3.63, 3.8) is 0 Å². The van der Waals surface area contributed by atoms with Crippen molar-refractivity contribution in [2.75, 3.05) is 13.1 Å². The van der Waals surface area contributed by atoms with Crippen LogP contribution in [0.25, 0.3) is 0 Å². The van der Waals surface area contributed by atoms with E-state index in [0.29, 0.717) is 19.0 Å². The van der Waals surface area contributed by atoms with E-state index in [1.54, 1.807) is 0 Å². The number of benzene rings is 1. The molecule has 1 aliphatic rings. The molecule has 1 saturated heterocycles. The Kier molecular flexibility index (Phi) is 4.19. The zero-order valence-electron chi connectivity index (χ0n) is 13.5. The van der Waals surface area contributed by atoms with Crippen molar-refractivity contribution in [1.82, 2.24) is 14.7 Å². The first kappa shape index (κ1) is 16.1. The lowest BCUT2D eigenvalue weighted by Gasteiger charge is -2.17. The van der Waals surface area contributed by atoms with Crippen molar-refractivity contribution in [2.45, 2.75) is 32.7 Å². The number of likely N-dealkylation sites (tertiary alicyclic amines) is 1. The average molecular weight is 323 g/mol. The highest BCUT2D eigenvalue weighted by Crippen LogP contribution is 2.32. The van der Waals surface area contributed by atoms with E-state index in [4.69, 9.17) is 0 Å². The Hall–Kier alpha value is -1.82. The van der Waals surface area contributed by atoms with Gasteiger partial charge in [0, 0.05) is 43.4 Å². The molecule has 1 atom stereocenters. The zero-order chi connectivity index (χ0) is 16.7. The summed E-state index contributed by atoms with van der Waals surface area (Å²) in [6.07, 6.45) is 0.693. The number of aryl methyl sites for hydroxylation is 2. The minimum atomic E-state index is -1.11. The molecular formula is C17H20F3N3. The molecule has 1 aromatic carbocycles. The predicted molar refractivity (Wildman–Crippen MR) is 81.6 cm³/mol. The standard InChI is InChI=1S/C17H20F3N3/c1-10-15(11(2)22(3)21-10)9-23-5-4-12(8-23)14-6-13(18)7-16(19)17(14)20/h6-7,12H,4-5,8-9H2,1-3H3. The van der Waals surface area contributed by atoms with Crippen LogP contribution in [0.3, 0.4) is 0 Å².